The molecule has 0 heterocycles. The molecule has 2 nitrogen and oxygen atoms in total. The van der Waals surface area contributed by atoms with Crippen LogP contribution in [0.4, 0.5) is 0 Å². The molecule has 0 radical (unpaired) electrons. The maximum atomic E-state index is 12.3. The van der Waals surface area contributed by atoms with Gasteiger partial charge in [0.15, 0.2) is 5.78 Å². The minimum atomic E-state index is 0.00604. The number of ketones is 1. The van der Waals surface area contributed by atoms with E-state index in [0.717, 1.165) is 30.2 Å². The monoisotopic (exact) mass is 314 g/mol. The first kappa shape index (κ1) is 17.8. The highest BCUT2D eigenvalue weighted by atomic mass is 16.2. The number of aliphatic hydroxyl groups is 1. The quantitative estimate of drug-likeness (QED) is 0.348. The SMILES string of the molecule is CCCCCCCCCCc1ccc2c(c1)C(=O)C(=CO)CC2. The number of carbonyl (C=O) groups is 1. The van der Waals surface area contributed by atoms with E-state index in [-0.39, 0.29) is 5.78 Å². The van der Waals surface area contributed by atoms with Crippen LogP contribution in [0.5, 0.6) is 0 Å². The van der Waals surface area contributed by atoms with Crippen LogP contribution in [0.1, 0.15) is 86.2 Å². The van der Waals surface area contributed by atoms with Crippen molar-refractivity contribution in [2.45, 2.75) is 77.6 Å². The summed E-state index contributed by atoms with van der Waals surface area (Å²) in [5.74, 6) is 0.00604. The maximum Gasteiger partial charge on any atom is 0.192 e. The molecule has 0 bridgehead atoms. The van der Waals surface area contributed by atoms with Gasteiger partial charge in [-0.25, -0.2) is 0 Å². The van der Waals surface area contributed by atoms with Crippen molar-refractivity contribution in [3.63, 3.8) is 0 Å². The normalized spacial score (nSPS) is 15.9. The third kappa shape index (κ3) is 5.23. The molecule has 0 aromatic heterocycles. The zero-order valence-corrected chi connectivity index (χ0v) is 14.4. The summed E-state index contributed by atoms with van der Waals surface area (Å²) in [6.07, 6.45) is 14.1. The molecule has 0 aliphatic heterocycles. The number of hydrogen-bond acceptors (Lipinski definition) is 2. The van der Waals surface area contributed by atoms with Gasteiger partial charge in [-0.3, -0.25) is 4.79 Å². The van der Waals surface area contributed by atoms with Gasteiger partial charge in [0.2, 0.25) is 0 Å². The van der Waals surface area contributed by atoms with Crippen LogP contribution in [0.25, 0.3) is 0 Å². The molecule has 0 fully saturated rings. The van der Waals surface area contributed by atoms with Crippen LogP contribution in [0.15, 0.2) is 30.0 Å². The third-order valence-electron chi connectivity index (χ3n) is 4.85. The molecule has 1 aromatic rings. The van der Waals surface area contributed by atoms with E-state index in [4.69, 9.17) is 5.11 Å². The van der Waals surface area contributed by atoms with E-state index in [9.17, 15) is 4.79 Å². The Bertz CT molecular complexity index is 543. The fourth-order valence-electron chi connectivity index (χ4n) is 3.35. The van der Waals surface area contributed by atoms with Crippen molar-refractivity contribution in [1.29, 1.82) is 0 Å². The van der Waals surface area contributed by atoms with Crippen LogP contribution in [0.2, 0.25) is 0 Å². The second-order valence-electron chi connectivity index (χ2n) is 6.70. The van der Waals surface area contributed by atoms with E-state index in [1.165, 1.54) is 56.9 Å². The summed E-state index contributed by atoms with van der Waals surface area (Å²) in [7, 11) is 0. The summed E-state index contributed by atoms with van der Waals surface area (Å²) in [6.45, 7) is 2.25. The van der Waals surface area contributed by atoms with Gasteiger partial charge < -0.3 is 5.11 Å². The lowest BCUT2D eigenvalue weighted by Crippen LogP contribution is -2.14. The second-order valence-corrected chi connectivity index (χ2v) is 6.70. The lowest BCUT2D eigenvalue weighted by atomic mass is 9.86. The largest absolute Gasteiger partial charge is 0.515 e. The van der Waals surface area contributed by atoms with E-state index in [1.807, 2.05) is 6.07 Å². The zero-order valence-electron chi connectivity index (χ0n) is 14.4. The Morgan fingerprint density at radius 1 is 1.00 bits per heavy atom. The average Bonchev–Trinajstić information content (AvgIpc) is 2.58. The standard InChI is InChI=1S/C21H30O2/c1-2-3-4-5-6-7-8-9-10-17-11-12-18-13-14-19(16-22)21(23)20(18)15-17/h11-12,15-16,22H,2-10,13-14H2,1H3. The van der Waals surface area contributed by atoms with Crippen molar-refractivity contribution in [2.24, 2.45) is 0 Å². The predicted octanol–water partition coefficient (Wildman–Crippen LogP) is 5.94. The number of rotatable bonds is 9. The van der Waals surface area contributed by atoms with Crippen molar-refractivity contribution in [3.8, 4) is 0 Å². The van der Waals surface area contributed by atoms with Gasteiger partial charge in [-0.05, 0) is 42.9 Å². The van der Waals surface area contributed by atoms with E-state index >= 15 is 0 Å². The van der Waals surface area contributed by atoms with Crippen LogP contribution in [0.3, 0.4) is 0 Å². The zero-order chi connectivity index (χ0) is 16.5. The van der Waals surface area contributed by atoms with E-state index < -0.39 is 0 Å². The molecule has 2 rings (SSSR count). The molecule has 1 aromatic carbocycles. The Labute approximate surface area is 140 Å². The number of aryl methyl sites for hydroxylation is 2. The summed E-state index contributed by atoms with van der Waals surface area (Å²) in [5.41, 5.74) is 3.72. The molecule has 0 atom stereocenters. The summed E-state index contributed by atoms with van der Waals surface area (Å²) in [5, 5.41) is 9.15. The number of fused-ring (bicyclic) bond motifs is 1. The smallest absolute Gasteiger partial charge is 0.192 e. The number of aliphatic hydroxyl groups excluding tert-OH is 1. The van der Waals surface area contributed by atoms with Gasteiger partial charge >= 0.3 is 0 Å². The molecular formula is C21H30O2. The highest BCUT2D eigenvalue weighted by molar-refractivity contribution is 6.10. The molecular weight excluding hydrogens is 284 g/mol. The lowest BCUT2D eigenvalue weighted by Gasteiger charge is -2.17. The molecule has 0 amide bonds. The Hall–Kier alpha value is -1.57. The van der Waals surface area contributed by atoms with Gasteiger partial charge in [0.25, 0.3) is 0 Å². The van der Waals surface area contributed by atoms with Crippen LogP contribution >= 0.6 is 0 Å². The predicted molar refractivity (Wildman–Crippen MR) is 96.1 cm³/mol. The Balaban J connectivity index is 1.77. The van der Waals surface area contributed by atoms with Crippen LogP contribution in [0, 0.1) is 0 Å². The van der Waals surface area contributed by atoms with Crippen molar-refractivity contribution in [3.05, 3.63) is 46.7 Å². The number of hydrogen-bond donors (Lipinski definition) is 1. The van der Waals surface area contributed by atoms with Gasteiger partial charge in [-0.15, -0.1) is 0 Å². The lowest BCUT2D eigenvalue weighted by molar-refractivity contribution is 0.102. The van der Waals surface area contributed by atoms with E-state index in [1.54, 1.807) is 0 Å². The Kier molecular flexibility index (Phi) is 7.38. The summed E-state index contributed by atoms with van der Waals surface area (Å²) < 4.78 is 0. The summed E-state index contributed by atoms with van der Waals surface area (Å²) >= 11 is 0. The number of unbranched alkanes of at least 4 members (excludes halogenated alkanes) is 7. The molecule has 1 N–H and O–H groups in total. The van der Waals surface area contributed by atoms with Gasteiger partial charge in [0, 0.05) is 11.1 Å². The Morgan fingerprint density at radius 2 is 1.70 bits per heavy atom. The fraction of sp³-hybridized carbons (Fsp3) is 0.571. The first-order valence-corrected chi connectivity index (χ1v) is 9.26. The molecule has 0 unspecified atom stereocenters. The van der Waals surface area contributed by atoms with Crippen LogP contribution in [-0.4, -0.2) is 10.9 Å². The molecule has 0 spiro atoms. The molecule has 0 saturated carbocycles. The van der Waals surface area contributed by atoms with Gasteiger partial charge in [0.05, 0.1) is 6.26 Å². The average molecular weight is 314 g/mol. The van der Waals surface area contributed by atoms with Crippen LogP contribution in [-0.2, 0) is 12.8 Å². The number of carbonyl (C=O) groups excluding carboxylic acids is 1. The molecule has 2 heteroatoms. The van der Waals surface area contributed by atoms with Crippen molar-refractivity contribution in [1.82, 2.24) is 0 Å². The van der Waals surface area contributed by atoms with Crippen LogP contribution < -0.4 is 0 Å². The van der Waals surface area contributed by atoms with Crippen molar-refractivity contribution >= 4 is 5.78 Å². The first-order valence-electron chi connectivity index (χ1n) is 9.26. The first-order chi connectivity index (χ1) is 11.3. The molecule has 1 aliphatic carbocycles. The minimum Gasteiger partial charge on any atom is -0.515 e. The number of benzene rings is 1. The highest BCUT2D eigenvalue weighted by Gasteiger charge is 2.22. The Morgan fingerprint density at radius 3 is 2.39 bits per heavy atom. The van der Waals surface area contributed by atoms with E-state index in [2.05, 4.69) is 19.1 Å². The number of Topliss-reactive ketones (excluding diaryl/α,β-unsaturated/α-hetero) is 1. The molecule has 126 valence electrons. The number of allylic oxidation sites excluding steroid dienone is 1. The summed E-state index contributed by atoms with van der Waals surface area (Å²) in [4.78, 5) is 12.3. The van der Waals surface area contributed by atoms with Crippen molar-refractivity contribution in [2.75, 3.05) is 0 Å². The van der Waals surface area contributed by atoms with Gasteiger partial charge in [-0.2, -0.15) is 0 Å². The fourth-order valence-corrected chi connectivity index (χ4v) is 3.35. The molecule has 0 saturated heterocycles. The third-order valence-corrected chi connectivity index (χ3v) is 4.85. The van der Waals surface area contributed by atoms with E-state index in [0.29, 0.717) is 12.0 Å². The molecule has 1 aliphatic rings. The van der Waals surface area contributed by atoms with Gasteiger partial charge in [-0.1, -0.05) is 64.0 Å². The van der Waals surface area contributed by atoms with Crippen molar-refractivity contribution < 1.29 is 9.90 Å². The second kappa shape index (κ2) is 9.54. The molecule has 23 heavy (non-hydrogen) atoms. The highest BCUT2D eigenvalue weighted by Crippen LogP contribution is 2.26. The van der Waals surface area contributed by atoms with Gasteiger partial charge in [0.1, 0.15) is 0 Å². The summed E-state index contributed by atoms with van der Waals surface area (Å²) in [6, 6.07) is 6.31. The topological polar surface area (TPSA) is 37.3 Å². The maximum absolute atomic E-state index is 12.3. The minimum absolute atomic E-state index is 0.00604.